The molecule has 1 aliphatic rings. The van der Waals surface area contributed by atoms with Gasteiger partial charge in [-0.3, -0.25) is 9.20 Å². The number of hydrogen-bond donors (Lipinski definition) is 0. The van der Waals surface area contributed by atoms with Crippen LogP contribution in [0.1, 0.15) is 51.9 Å². The third kappa shape index (κ3) is 3.63. The highest BCUT2D eigenvalue weighted by Gasteiger charge is 2.30. The van der Waals surface area contributed by atoms with E-state index in [2.05, 4.69) is 52.9 Å². The molecule has 0 unspecified atom stereocenters. The van der Waals surface area contributed by atoms with E-state index in [-0.39, 0.29) is 11.8 Å². The first-order chi connectivity index (χ1) is 15.1. The summed E-state index contributed by atoms with van der Waals surface area (Å²) in [6.45, 7) is 6.37. The summed E-state index contributed by atoms with van der Waals surface area (Å²) in [6, 6.07) is 18.3. The summed E-state index contributed by atoms with van der Waals surface area (Å²) in [5, 5.41) is 8.74. The Morgan fingerprint density at radius 3 is 2.71 bits per heavy atom. The molecule has 6 heteroatoms. The zero-order valence-electron chi connectivity index (χ0n) is 18.0. The zero-order chi connectivity index (χ0) is 21.4. The van der Waals surface area contributed by atoms with Gasteiger partial charge in [0.15, 0.2) is 5.65 Å². The summed E-state index contributed by atoms with van der Waals surface area (Å²) >= 11 is 0. The molecule has 0 spiro atoms. The minimum absolute atomic E-state index is 0.117. The lowest BCUT2D eigenvalue weighted by atomic mass is 9.96. The van der Waals surface area contributed by atoms with Crippen molar-refractivity contribution >= 4 is 11.6 Å². The summed E-state index contributed by atoms with van der Waals surface area (Å²) in [5.74, 6) is 1.26. The fraction of sp³-hybridized carbons (Fsp3) is 0.320. The van der Waals surface area contributed by atoms with E-state index in [1.807, 2.05) is 45.8 Å². The Morgan fingerprint density at radius 2 is 1.87 bits per heavy atom. The maximum atomic E-state index is 13.5. The summed E-state index contributed by atoms with van der Waals surface area (Å²) in [4.78, 5) is 15.5. The van der Waals surface area contributed by atoms with Crippen molar-refractivity contribution < 1.29 is 4.79 Å². The number of amides is 1. The maximum absolute atomic E-state index is 13.5. The normalized spacial score (nSPS) is 16.7. The number of fused-ring (bicyclic) bond motifs is 1. The van der Waals surface area contributed by atoms with E-state index >= 15 is 0 Å². The monoisotopic (exact) mass is 413 g/mol. The van der Waals surface area contributed by atoms with Crippen molar-refractivity contribution in [2.75, 3.05) is 13.1 Å². The molecule has 5 rings (SSSR count). The number of benzene rings is 1. The van der Waals surface area contributed by atoms with Crippen LogP contribution in [-0.2, 0) is 6.54 Å². The first-order valence-electron chi connectivity index (χ1n) is 10.9. The molecular weight excluding hydrogens is 386 g/mol. The van der Waals surface area contributed by atoms with Crippen LogP contribution in [0.25, 0.3) is 5.65 Å². The van der Waals surface area contributed by atoms with Gasteiger partial charge in [-0.05, 0) is 50.5 Å². The summed E-state index contributed by atoms with van der Waals surface area (Å²) in [5.41, 5.74) is 5.04. The van der Waals surface area contributed by atoms with Crippen molar-refractivity contribution in [2.45, 2.75) is 39.2 Å². The molecular formula is C25H27N5O. The first-order valence-corrected chi connectivity index (χ1v) is 10.9. The molecule has 0 saturated carbocycles. The zero-order valence-corrected chi connectivity index (χ0v) is 18.0. The molecule has 1 fully saturated rings. The van der Waals surface area contributed by atoms with E-state index < -0.39 is 0 Å². The number of hydrogen-bond acceptors (Lipinski definition) is 3. The third-order valence-electron chi connectivity index (χ3n) is 6.40. The van der Waals surface area contributed by atoms with E-state index in [9.17, 15) is 4.79 Å². The molecule has 0 radical (unpaired) electrons. The van der Waals surface area contributed by atoms with Gasteiger partial charge in [-0.1, -0.05) is 36.4 Å². The topological polar surface area (TPSA) is 55.4 Å². The van der Waals surface area contributed by atoms with Crippen LogP contribution < -0.4 is 0 Å². The van der Waals surface area contributed by atoms with Gasteiger partial charge in [0.2, 0.25) is 0 Å². The van der Waals surface area contributed by atoms with Gasteiger partial charge in [-0.15, -0.1) is 10.2 Å². The molecule has 0 aliphatic carbocycles. The number of aromatic nitrogens is 4. The van der Waals surface area contributed by atoms with Crippen molar-refractivity contribution in [3.05, 3.63) is 89.1 Å². The highest BCUT2D eigenvalue weighted by atomic mass is 16.2. The first kappa shape index (κ1) is 19.5. The van der Waals surface area contributed by atoms with Gasteiger partial charge < -0.3 is 9.47 Å². The molecule has 1 amide bonds. The lowest BCUT2D eigenvalue weighted by Gasteiger charge is -2.32. The van der Waals surface area contributed by atoms with Gasteiger partial charge in [0.05, 0.1) is 5.56 Å². The Hall–Kier alpha value is -3.41. The van der Waals surface area contributed by atoms with E-state index in [0.717, 1.165) is 54.4 Å². The molecule has 158 valence electrons. The molecule has 6 nitrogen and oxygen atoms in total. The van der Waals surface area contributed by atoms with E-state index in [1.165, 1.54) is 5.56 Å². The second-order valence-electron chi connectivity index (χ2n) is 8.43. The van der Waals surface area contributed by atoms with Gasteiger partial charge in [-0.25, -0.2) is 0 Å². The smallest absolute Gasteiger partial charge is 0.255 e. The summed E-state index contributed by atoms with van der Waals surface area (Å²) in [7, 11) is 0. The number of carbonyl (C=O) groups excluding carboxylic acids is 1. The summed E-state index contributed by atoms with van der Waals surface area (Å²) in [6.07, 6.45) is 4.00. The number of likely N-dealkylation sites (tertiary alicyclic amines) is 1. The van der Waals surface area contributed by atoms with Gasteiger partial charge in [-0.2, -0.15) is 0 Å². The standard InChI is InChI=1S/C25H27N5O/c1-18-15-22(19(2)30(18)16-20-9-4-3-5-10-20)25(31)28-13-8-11-21(17-28)24-27-26-23-12-6-7-14-29(23)24/h3-7,9-10,12,14-15,21H,8,11,13,16-17H2,1-2H3/t21-/m1/s1. The highest BCUT2D eigenvalue weighted by molar-refractivity contribution is 5.95. The number of pyridine rings is 1. The van der Waals surface area contributed by atoms with Crippen molar-refractivity contribution in [3.8, 4) is 0 Å². The second-order valence-corrected chi connectivity index (χ2v) is 8.43. The van der Waals surface area contributed by atoms with Gasteiger partial charge >= 0.3 is 0 Å². The molecule has 1 aliphatic heterocycles. The van der Waals surface area contributed by atoms with Crippen LogP contribution in [0.3, 0.4) is 0 Å². The van der Waals surface area contributed by atoms with Crippen LogP contribution in [0.2, 0.25) is 0 Å². The Kier molecular flexibility index (Phi) is 5.06. The summed E-state index contributed by atoms with van der Waals surface area (Å²) < 4.78 is 4.28. The van der Waals surface area contributed by atoms with Crippen LogP contribution in [0, 0.1) is 13.8 Å². The molecule has 4 aromatic rings. The number of aryl methyl sites for hydroxylation is 1. The van der Waals surface area contributed by atoms with Crippen LogP contribution >= 0.6 is 0 Å². The van der Waals surface area contributed by atoms with Gasteiger partial charge in [0.1, 0.15) is 5.82 Å². The lowest BCUT2D eigenvalue weighted by molar-refractivity contribution is 0.0703. The number of rotatable bonds is 4. The highest BCUT2D eigenvalue weighted by Crippen LogP contribution is 2.28. The quantitative estimate of drug-likeness (QED) is 0.503. The van der Waals surface area contributed by atoms with Gasteiger partial charge in [0.25, 0.3) is 5.91 Å². The Labute approximate surface area is 182 Å². The largest absolute Gasteiger partial charge is 0.344 e. The minimum atomic E-state index is 0.117. The maximum Gasteiger partial charge on any atom is 0.255 e. The van der Waals surface area contributed by atoms with E-state index in [0.29, 0.717) is 6.54 Å². The van der Waals surface area contributed by atoms with Crippen molar-refractivity contribution in [2.24, 2.45) is 0 Å². The number of piperidine rings is 1. The van der Waals surface area contributed by atoms with Crippen molar-refractivity contribution in [3.63, 3.8) is 0 Å². The van der Waals surface area contributed by atoms with Crippen molar-refractivity contribution in [1.29, 1.82) is 0 Å². The van der Waals surface area contributed by atoms with E-state index in [4.69, 9.17) is 0 Å². The Bertz CT molecular complexity index is 1220. The molecule has 0 N–H and O–H groups in total. The van der Waals surface area contributed by atoms with Crippen molar-refractivity contribution in [1.82, 2.24) is 24.1 Å². The minimum Gasteiger partial charge on any atom is -0.344 e. The van der Waals surface area contributed by atoms with E-state index in [1.54, 1.807) is 0 Å². The average Bonchev–Trinajstić information content (AvgIpc) is 3.36. The molecule has 0 bridgehead atoms. The van der Waals surface area contributed by atoms with Crippen LogP contribution in [-0.4, -0.2) is 43.1 Å². The fourth-order valence-corrected chi connectivity index (χ4v) is 4.71. The number of nitrogens with zero attached hydrogens (tertiary/aromatic N) is 5. The number of carbonyl (C=O) groups is 1. The average molecular weight is 414 g/mol. The molecule has 1 atom stereocenters. The molecule has 4 heterocycles. The predicted molar refractivity (Wildman–Crippen MR) is 120 cm³/mol. The predicted octanol–water partition coefficient (Wildman–Crippen LogP) is 4.22. The molecule has 1 aromatic carbocycles. The second kappa shape index (κ2) is 8.02. The molecule has 3 aromatic heterocycles. The molecule has 31 heavy (non-hydrogen) atoms. The third-order valence-corrected chi connectivity index (χ3v) is 6.40. The van der Waals surface area contributed by atoms with Gasteiger partial charge in [0, 0.05) is 43.1 Å². The van der Waals surface area contributed by atoms with Crippen LogP contribution in [0.15, 0.2) is 60.8 Å². The Morgan fingerprint density at radius 1 is 1.06 bits per heavy atom. The molecule has 1 saturated heterocycles. The SMILES string of the molecule is Cc1cc(C(=O)N2CCC[C@@H](c3nnc4ccccn34)C2)c(C)n1Cc1ccccc1. The fourth-order valence-electron chi connectivity index (χ4n) is 4.71. The Balaban J connectivity index is 1.38. The van der Waals surface area contributed by atoms with Crippen LogP contribution in [0.4, 0.5) is 0 Å². The van der Waals surface area contributed by atoms with Crippen LogP contribution in [0.5, 0.6) is 0 Å². The lowest BCUT2D eigenvalue weighted by Crippen LogP contribution is -2.39.